The van der Waals surface area contributed by atoms with E-state index < -0.39 is 15.6 Å². The predicted molar refractivity (Wildman–Crippen MR) is 95.4 cm³/mol. The zero-order chi connectivity index (χ0) is 19.8. The molecule has 0 bridgehead atoms. The number of allylic oxidation sites excluding steroid dienone is 1. The third-order valence-electron chi connectivity index (χ3n) is 4.42. The van der Waals surface area contributed by atoms with Gasteiger partial charge < -0.3 is 8.92 Å². The summed E-state index contributed by atoms with van der Waals surface area (Å²) in [5.74, 6) is 0.247. The van der Waals surface area contributed by atoms with E-state index in [9.17, 15) is 21.6 Å². The van der Waals surface area contributed by atoms with E-state index in [1.807, 2.05) is 13.0 Å². The van der Waals surface area contributed by atoms with Crippen molar-refractivity contribution in [3.63, 3.8) is 0 Å². The van der Waals surface area contributed by atoms with Gasteiger partial charge in [0, 0.05) is 11.1 Å². The number of ether oxygens (including phenoxy) is 1. The number of benzene rings is 2. The van der Waals surface area contributed by atoms with Crippen LogP contribution < -0.4 is 4.74 Å². The monoisotopic (exact) mass is 398 g/mol. The summed E-state index contributed by atoms with van der Waals surface area (Å²) in [6, 6.07) is 11.8. The Labute approximate surface area is 155 Å². The van der Waals surface area contributed by atoms with E-state index in [2.05, 4.69) is 4.18 Å². The first kappa shape index (κ1) is 19.3. The maximum absolute atomic E-state index is 12.9. The molecule has 0 N–H and O–H groups in total. The third-order valence-corrected chi connectivity index (χ3v) is 5.38. The first-order valence-corrected chi connectivity index (χ1v) is 9.52. The van der Waals surface area contributed by atoms with E-state index in [4.69, 9.17) is 4.74 Å². The van der Waals surface area contributed by atoms with Gasteiger partial charge in [0.15, 0.2) is 5.76 Å². The Balaban J connectivity index is 2.23. The Morgan fingerprint density at radius 1 is 1.00 bits per heavy atom. The van der Waals surface area contributed by atoms with Gasteiger partial charge in [0.2, 0.25) is 0 Å². The smallest absolute Gasteiger partial charge is 0.497 e. The topological polar surface area (TPSA) is 52.6 Å². The van der Waals surface area contributed by atoms with Crippen LogP contribution in [-0.2, 0) is 20.7 Å². The molecule has 0 amide bonds. The van der Waals surface area contributed by atoms with Crippen molar-refractivity contribution in [2.45, 2.75) is 25.3 Å². The van der Waals surface area contributed by atoms with E-state index in [0.717, 1.165) is 5.56 Å². The summed E-state index contributed by atoms with van der Waals surface area (Å²) in [6.07, 6.45) is 0.864. The summed E-state index contributed by atoms with van der Waals surface area (Å²) in [7, 11) is -4.32. The molecule has 0 spiro atoms. The number of rotatable bonds is 4. The summed E-state index contributed by atoms with van der Waals surface area (Å²) >= 11 is 0. The highest BCUT2D eigenvalue weighted by atomic mass is 32.2. The summed E-state index contributed by atoms with van der Waals surface area (Å²) in [6.45, 7) is 1.81. The van der Waals surface area contributed by atoms with Crippen molar-refractivity contribution in [3.8, 4) is 5.75 Å². The van der Waals surface area contributed by atoms with Crippen LogP contribution in [-0.4, -0.2) is 21.0 Å². The van der Waals surface area contributed by atoms with Crippen LogP contribution in [0.5, 0.6) is 5.75 Å². The second-order valence-electron chi connectivity index (χ2n) is 6.13. The summed E-state index contributed by atoms with van der Waals surface area (Å²) in [5, 5.41) is 0. The second-order valence-corrected chi connectivity index (χ2v) is 7.67. The number of hydrogen-bond acceptors (Lipinski definition) is 4. The molecule has 0 saturated carbocycles. The van der Waals surface area contributed by atoms with Crippen molar-refractivity contribution in [3.05, 3.63) is 64.7 Å². The Bertz CT molecular complexity index is 1010. The van der Waals surface area contributed by atoms with Crippen molar-refractivity contribution in [1.29, 1.82) is 0 Å². The minimum Gasteiger partial charge on any atom is -0.497 e. The minimum absolute atomic E-state index is 0.287. The van der Waals surface area contributed by atoms with Gasteiger partial charge in [-0.05, 0) is 54.7 Å². The van der Waals surface area contributed by atoms with Gasteiger partial charge in [0.1, 0.15) is 5.75 Å². The van der Waals surface area contributed by atoms with Gasteiger partial charge >= 0.3 is 15.6 Å². The number of methoxy groups -OCH3 is 1. The molecule has 0 heterocycles. The molecule has 0 unspecified atom stereocenters. The van der Waals surface area contributed by atoms with Crippen LogP contribution in [0.25, 0.3) is 11.3 Å². The molecule has 0 fully saturated rings. The molecule has 2 aromatic carbocycles. The van der Waals surface area contributed by atoms with Crippen LogP contribution in [0.15, 0.2) is 42.5 Å². The molecule has 0 aromatic heterocycles. The summed E-state index contributed by atoms with van der Waals surface area (Å²) in [5.41, 5.74) is -2.63. The van der Waals surface area contributed by atoms with E-state index in [-0.39, 0.29) is 5.76 Å². The van der Waals surface area contributed by atoms with Crippen LogP contribution in [0, 0.1) is 6.92 Å². The number of fused-ring (bicyclic) bond motifs is 1. The lowest BCUT2D eigenvalue weighted by Gasteiger charge is -2.25. The fourth-order valence-electron chi connectivity index (χ4n) is 3.08. The fourth-order valence-corrected chi connectivity index (χ4v) is 3.59. The van der Waals surface area contributed by atoms with Crippen LogP contribution in [0.4, 0.5) is 13.2 Å². The zero-order valence-electron chi connectivity index (χ0n) is 14.6. The second kappa shape index (κ2) is 6.92. The van der Waals surface area contributed by atoms with Gasteiger partial charge in [-0.25, -0.2) is 0 Å². The predicted octanol–water partition coefficient (Wildman–Crippen LogP) is 4.68. The first-order valence-electron chi connectivity index (χ1n) is 8.11. The highest BCUT2D eigenvalue weighted by Crippen LogP contribution is 2.42. The van der Waals surface area contributed by atoms with Gasteiger partial charge in [0.25, 0.3) is 0 Å². The van der Waals surface area contributed by atoms with Crippen molar-refractivity contribution in [2.75, 3.05) is 7.11 Å². The van der Waals surface area contributed by atoms with Crippen molar-refractivity contribution < 1.29 is 30.5 Å². The van der Waals surface area contributed by atoms with Crippen molar-refractivity contribution in [2.24, 2.45) is 0 Å². The average Bonchev–Trinajstić information content (AvgIpc) is 2.61. The molecule has 1 aliphatic carbocycles. The van der Waals surface area contributed by atoms with Gasteiger partial charge in [-0.3, -0.25) is 0 Å². The maximum atomic E-state index is 12.9. The minimum atomic E-state index is -5.80. The molecular formula is C19H17F3O4S. The molecule has 27 heavy (non-hydrogen) atoms. The molecule has 2 aromatic rings. The van der Waals surface area contributed by atoms with Gasteiger partial charge in [-0.15, -0.1) is 0 Å². The molecule has 0 aliphatic heterocycles. The molecule has 144 valence electrons. The Morgan fingerprint density at radius 3 is 2.33 bits per heavy atom. The standard InChI is InChI=1S/C19H17F3O4S/c1-12-5-3-4-6-15(12)17-9-7-13-11-14(25-2)8-10-16(13)18(17)26-27(23,24)19(20,21)22/h3-6,8,10-11H,7,9H2,1-2H3. The van der Waals surface area contributed by atoms with Crippen LogP contribution in [0.2, 0.25) is 0 Å². The maximum Gasteiger partial charge on any atom is 0.534 e. The molecule has 8 heteroatoms. The Morgan fingerprint density at radius 2 is 1.70 bits per heavy atom. The lowest BCUT2D eigenvalue weighted by molar-refractivity contribution is -0.0509. The molecule has 3 rings (SSSR count). The van der Waals surface area contributed by atoms with Crippen molar-refractivity contribution >= 4 is 21.5 Å². The Hall–Kier alpha value is -2.48. The molecule has 0 saturated heterocycles. The summed E-state index contributed by atoms with van der Waals surface area (Å²) < 4.78 is 72.0. The quantitative estimate of drug-likeness (QED) is 0.554. The molecule has 4 nitrogen and oxygen atoms in total. The van der Waals surface area contributed by atoms with Gasteiger partial charge in [0.05, 0.1) is 7.11 Å². The normalized spacial score (nSPS) is 14.7. The zero-order valence-corrected chi connectivity index (χ0v) is 15.4. The molecular weight excluding hydrogens is 381 g/mol. The number of hydrogen-bond donors (Lipinski definition) is 0. The number of halogens is 3. The summed E-state index contributed by atoms with van der Waals surface area (Å²) in [4.78, 5) is 0. The highest BCUT2D eigenvalue weighted by molar-refractivity contribution is 7.87. The van der Waals surface area contributed by atoms with Crippen molar-refractivity contribution in [1.82, 2.24) is 0 Å². The lowest BCUT2D eigenvalue weighted by atomic mass is 9.85. The van der Waals surface area contributed by atoms with E-state index in [0.29, 0.717) is 40.9 Å². The number of alkyl halides is 3. The lowest BCUT2D eigenvalue weighted by Crippen LogP contribution is -2.26. The van der Waals surface area contributed by atoms with Crippen LogP contribution in [0.3, 0.4) is 0 Å². The van der Waals surface area contributed by atoms with Gasteiger partial charge in [-0.1, -0.05) is 24.3 Å². The third kappa shape index (κ3) is 3.66. The van der Waals surface area contributed by atoms with E-state index in [1.54, 1.807) is 30.3 Å². The number of aryl methyl sites for hydroxylation is 2. The van der Waals surface area contributed by atoms with Crippen LogP contribution >= 0.6 is 0 Å². The molecule has 1 aliphatic rings. The average molecular weight is 398 g/mol. The van der Waals surface area contributed by atoms with Gasteiger partial charge in [-0.2, -0.15) is 21.6 Å². The largest absolute Gasteiger partial charge is 0.534 e. The Kier molecular flexibility index (Phi) is 4.94. The van der Waals surface area contributed by atoms with Crippen LogP contribution in [0.1, 0.15) is 28.7 Å². The van der Waals surface area contributed by atoms with E-state index in [1.165, 1.54) is 13.2 Å². The first-order chi connectivity index (χ1) is 12.6. The highest BCUT2D eigenvalue weighted by Gasteiger charge is 2.49. The molecule has 0 atom stereocenters. The van der Waals surface area contributed by atoms with E-state index >= 15 is 0 Å². The fraction of sp³-hybridized carbons (Fsp3) is 0.263. The SMILES string of the molecule is COc1ccc2c(c1)CCC(c1ccccc1C)=C2OS(=O)(=O)C(F)(F)F. The molecule has 0 radical (unpaired) electrons.